The summed E-state index contributed by atoms with van der Waals surface area (Å²) < 4.78 is 4.71. The van der Waals surface area contributed by atoms with E-state index in [2.05, 4.69) is 17.9 Å². The van der Waals surface area contributed by atoms with Crippen LogP contribution in [0.4, 0.5) is 0 Å². The highest BCUT2D eigenvalue weighted by Gasteiger charge is 2.28. The summed E-state index contributed by atoms with van der Waals surface area (Å²) in [6.07, 6.45) is 4.33. The molecular weight excluding hydrogens is 204 g/mol. The zero-order valence-corrected chi connectivity index (χ0v) is 10.1. The van der Waals surface area contributed by atoms with Crippen molar-refractivity contribution in [2.24, 2.45) is 0 Å². The topological polar surface area (TPSA) is 53.3 Å². The van der Waals surface area contributed by atoms with Crippen molar-refractivity contribution in [3.63, 3.8) is 0 Å². The number of nitrogens with zero attached hydrogens (tertiary/aromatic N) is 2. The van der Waals surface area contributed by atoms with Gasteiger partial charge in [0.1, 0.15) is 0 Å². The molecule has 1 rings (SSSR count). The molecule has 1 aliphatic heterocycles. The first-order valence-electron chi connectivity index (χ1n) is 5.88. The third-order valence-corrected chi connectivity index (χ3v) is 3.26. The van der Waals surface area contributed by atoms with Crippen molar-refractivity contribution in [3.05, 3.63) is 0 Å². The van der Waals surface area contributed by atoms with Gasteiger partial charge < -0.3 is 4.74 Å². The molecule has 4 nitrogen and oxygen atoms in total. The Hall–Kier alpha value is -1.08. The fourth-order valence-corrected chi connectivity index (χ4v) is 2.35. The van der Waals surface area contributed by atoms with E-state index >= 15 is 0 Å². The number of piperidine rings is 1. The molecule has 2 atom stereocenters. The number of methoxy groups -OCH3 is 1. The minimum atomic E-state index is -0.152. The molecule has 90 valence electrons. The van der Waals surface area contributed by atoms with Gasteiger partial charge in [-0.1, -0.05) is 6.42 Å². The summed E-state index contributed by atoms with van der Waals surface area (Å²) in [7, 11) is 1.42. The van der Waals surface area contributed by atoms with Crippen LogP contribution in [0.2, 0.25) is 0 Å². The SMILES string of the molecule is COC(=O)CC1CCCCN1C(C)CC#N. The van der Waals surface area contributed by atoms with Gasteiger partial charge in [-0.25, -0.2) is 0 Å². The molecule has 1 heterocycles. The first-order chi connectivity index (χ1) is 7.69. The van der Waals surface area contributed by atoms with Crippen molar-refractivity contribution in [2.75, 3.05) is 13.7 Å². The van der Waals surface area contributed by atoms with E-state index in [1.54, 1.807) is 0 Å². The predicted octanol–water partition coefficient (Wildman–Crippen LogP) is 1.71. The maximum atomic E-state index is 11.3. The first kappa shape index (κ1) is 13.0. The van der Waals surface area contributed by atoms with Gasteiger partial charge in [-0.05, 0) is 26.3 Å². The van der Waals surface area contributed by atoms with E-state index in [0.29, 0.717) is 12.8 Å². The lowest BCUT2D eigenvalue weighted by molar-refractivity contribution is -0.142. The second-order valence-corrected chi connectivity index (χ2v) is 4.38. The monoisotopic (exact) mass is 224 g/mol. The Morgan fingerprint density at radius 3 is 3.00 bits per heavy atom. The molecule has 16 heavy (non-hydrogen) atoms. The lowest BCUT2D eigenvalue weighted by Crippen LogP contribution is -2.46. The van der Waals surface area contributed by atoms with Crippen molar-refractivity contribution in [2.45, 2.75) is 51.1 Å². The number of nitriles is 1. The van der Waals surface area contributed by atoms with Gasteiger partial charge in [0, 0.05) is 12.1 Å². The van der Waals surface area contributed by atoms with Crippen LogP contribution in [0.15, 0.2) is 0 Å². The molecule has 4 heteroatoms. The Kier molecular flexibility index (Phi) is 5.27. The number of hydrogen-bond donors (Lipinski definition) is 0. The molecule has 0 aromatic rings. The van der Waals surface area contributed by atoms with E-state index in [-0.39, 0.29) is 18.1 Å². The Bertz CT molecular complexity index is 273. The summed E-state index contributed by atoms with van der Waals surface area (Å²) in [5, 5.41) is 8.71. The van der Waals surface area contributed by atoms with E-state index in [4.69, 9.17) is 10.00 Å². The highest BCUT2D eigenvalue weighted by Crippen LogP contribution is 2.23. The van der Waals surface area contributed by atoms with Crippen molar-refractivity contribution < 1.29 is 9.53 Å². The summed E-state index contributed by atoms with van der Waals surface area (Å²) in [5.74, 6) is -0.152. The van der Waals surface area contributed by atoms with Gasteiger partial charge >= 0.3 is 5.97 Å². The van der Waals surface area contributed by atoms with Gasteiger partial charge in [0.05, 0.1) is 26.0 Å². The van der Waals surface area contributed by atoms with E-state index in [1.165, 1.54) is 7.11 Å². The molecule has 0 amide bonds. The van der Waals surface area contributed by atoms with Crippen molar-refractivity contribution in [1.82, 2.24) is 4.90 Å². The number of carbonyl (C=O) groups excluding carboxylic acids is 1. The Labute approximate surface area is 97.2 Å². The van der Waals surface area contributed by atoms with Crippen molar-refractivity contribution in [3.8, 4) is 6.07 Å². The zero-order chi connectivity index (χ0) is 12.0. The second kappa shape index (κ2) is 6.49. The Morgan fingerprint density at radius 1 is 1.62 bits per heavy atom. The molecule has 0 spiro atoms. The summed E-state index contributed by atoms with van der Waals surface area (Å²) >= 11 is 0. The molecule has 0 aromatic carbocycles. The summed E-state index contributed by atoms with van der Waals surface area (Å²) in [4.78, 5) is 13.6. The molecular formula is C12H20N2O2. The molecule has 0 bridgehead atoms. The van der Waals surface area contributed by atoms with Crippen LogP contribution in [0.25, 0.3) is 0 Å². The largest absolute Gasteiger partial charge is 0.469 e. The molecule has 1 fully saturated rings. The van der Waals surface area contributed by atoms with Crippen LogP contribution in [-0.4, -0.2) is 36.6 Å². The van der Waals surface area contributed by atoms with Crippen LogP contribution < -0.4 is 0 Å². The zero-order valence-electron chi connectivity index (χ0n) is 10.1. The smallest absolute Gasteiger partial charge is 0.307 e. The fourth-order valence-electron chi connectivity index (χ4n) is 2.35. The van der Waals surface area contributed by atoms with E-state index < -0.39 is 0 Å². The quantitative estimate of drug-likeness (QED) is 0.682. The average molecular weight is 224 g/mol. The van der Waals surface area contributed by atoms with Crippen molar-refractivity contribution >= 4 is 5.97 Å². The molecule has 0 saturated carbocycles. The normalized spacial score (nSPS) is 23.4. The van der Waals surface area contributed by atoms with E-state index in [9.17, 15) is 4.79 Å². The molecule has 0 aliphatic carbocycles. The van der Waals surface area contributed by atoms with Gasteiger partial charge in [-0.3, -0.25) is 9.69 Å². The van der Waals surface area contributed by atoms with Crippen LogP contribution in [0, 0.1) is 11.3 Å². The third kappa shape index (κ3) is 3.49. The summed E-state index contributed by atoms with van der Waals surface area (Å²) in [6.45, 7) is 3.04. The molecule has 2 unspecified atom stereocenters. The average Bonchev–Trinajstić information content (AvgIpc) is 2.30. The lowest BCUT2D eigenvalue weighted by atomic mass is 9.97. The third-order valence-electron chi connectivity index (χ3n) is 3.26. The number of rotatable bonds is 4. The van der Waals surface area contributed by atoms with Crippen LogP contribution in [0.3, 0.4) is 0 Å². The second-order valence-electron chi connectivity index (χ2n) is 4.38. The first-order valence-corrected chi connectivity index (χ1v) is 5.88. The molecule has 0 N–H and O–H groups in total. The molecule has 0 radical (unpaired) electrons. The van der Waals surface area contributed by atoms with Gasteiger partial charge in [0.15, 0.2) is 0 Å². The van der Waals surface area contributed by atoms with Crippen LogP contribution in [0.1, 0.15) is 39.0 Å². The number of ether oxygens (including phenoxy) is 1. The van der Waals surface area contributed by atoms with Crippen molar-refractivity contribution in [1.29, 1.82) is 5.26 Å². The minimum absolute atomic E-state index is 0.152. The van der Waals surface area contributed by atoms with Gasteiger partial charge in [-0.15, -0.1) is 0 Å². The van der Waals surface area contributed by atoms with Gasteiger partial charge in [0.2, 0.25) is 0 Å². The Balaban J connectivity index is 2.56. The number of likely N-dealkylation sites (tertiary alicyclic amines) is 1. The summed E-state index contributed by atoms with van der Waals surface area (Å²) in [6, 6.07) is 2.69. The number of esters is 1. The summed E-state index contributed by atoms with van der Waals surface area (Å²) in [5.41, 5.74) is 0. The standard InChI is InChI=1S/C12H20N2O2/c1-10(6-7-13)14-8-4-3-5-11(14)9-12(15)16-2/h10-11H,3-6,8-9H2,1-2H3. The molecule has 1 saturated heterocycles. The maximum Gasteiger partial charge on any atom is 0.307 e. The molecule has 0 aromatic heterocycles. The van der Waals surface area contributed by atoms with Crippen LogP contribution >= 0.6 is 0 Å². The van der Waals surface area contributed by atoms with Crippen LogP contribution in [-0.2, 0) is 9.53 Å². The number of hydrogen-bond acceptors (Lipinski definition) is 4. The van der Waals surface area contributed by atoms with Gasteiger partial charge in [-0.2, -0.15) is 5.26 Å². The van der Waals surface area contributed by atoms with E-state index in [0.717, 1.165) is 25.8 Å². The highest BCUT2D eigenvalue weighted by molar-refractivity contribution is 5.69. The number of carbonyl (C=O) groups is 1. The Morgan fingerprint density at radius 2 is 2.38 bits per heavy atom. The highest BCUT2D eigenvalue weighted by atomic mass is 16.5. The predicted molar refractivity (Wildman–Crippen MR) is 60.7 cm³/mol. The molecule has 1 aliphatic rings. The van der Waals surface area contributed by atoms with E-state index in [1.807, 2.05) is 0 Å². The fraction of sp³-hybridized carbons (Fsp3) is 0.833. The van der Waals surface area contributed by atoms with Gasteiger partial charge in [0.25, 0.3) is 0 Å². The maximum absolute atomic E-state index is 11.3. The minimum Gasteiger partial charge on any atom is -0.469 e. The lowest BCUT2D eigenvalue weighted by Gasteiger charge is -2.38. The van der Waals surface area contributed by atoms with Crippen LogP contribution in [0.5, 0.6) is 0 Å².